The van der Waals surface area contributed by atoms with E-state index in [1.54, 1.807) is 19.2 Å². The van der Waals surface area contributed by atoms with Crippen molar-refractivity contribution in [3.05, 3.63) is 29.6 Å². The van der Waals surface area contributed by atoms with Gasteiger partial charge in [0.05, 0.1) is 13.8 Å². The molecule has 0 atom stereocenters. The highest BCUT2D eigenvalue weighted by molar-refractivity contribution is 5.33. The average Bonchev–Trinajstić information content (AvgIpc) is 2.40. The van der Waals surface area contributed by atoms with Crippen LogP contribution in [0.25, 0.3) is 0 Å². The van der Waals surface area contributed by atoms with Gasteiger partial charge in [-0.3, -0.25) is 9.80 Å². The topological polar surface area (TPSA) is 27.7 Å². The predicted octanol–water partition coefficient (Wildman–Crippen LogP) is 1.13. The number of halogens is 1. The van der Waals surface area contributed by atoms with Crippen molar-refractivity contribution in [2.24, 2.45) is 0 Å². The van der Waals surface area contributed by atoms with E-state index in [4.69, 9.17) is 4.74 Å². The summed E-state index contributed by atoms with van der Waals surface area (Å²) in [5.41, 5.74) is 0.889. The maximum absolute atomic E-state index is 13.3. The first kappa shape index (κ1) is 14.2. The molecule has 1 heterocycles. The standard InChI is InChI=1S/C14H22FN3O/c1-17(11-18-7-5-16-6-8-18)10-12-9-13(15)3-4-14(12)19-2/h3-4,9,16H,5-8,10-11H2,1-2H3. The summed E-state index contributed by atoms with van der Waals surface area (Å²) in [4.78, 5) is 4.57. The molecule has 5 heteroatoms. The van der Waals surface area contributed by atoms with Gasteiger partial charge < -0.3 is 10.1 Å². The summed E-state index contributed by atoms with van der Waals surface area (Å²) < 4.78 is 18.6. The van der Waals surface area contributed by atoms with Gasteiger partial charge in [0.15, 0.2) is 0 Å². The van der Waals surface area contributed by atoms with Crippen LogP contribution in [0.1, 0.15) is 5.56 Å². The van der Waals surface area contributed by atoms with Gasteiger partial charge in [-0.25, -0.2) is 4.39 Å². The van der Waals surface area contributed by atoms with Crippen LogP contribution < -0.4 is 10.1 Å². The number of nitrogens with one attached hydrogen (secondary N) is 1. The Bertz CT molecular complexity index is 408. The van der Waals surface area contributed by atoms with Crippen molar-refractivity contribution >= 4 is 0 Å². The van der Waals surface area contributed by atoms with Crippen LogP contribution in [0.4, 0.5) is 4.39 Å². The zero-order valence-electron chi connectivity index (χ0n) is 11.7. The summed E-state index contributed by atoms with van der Waals surface area (Å²) in [6.45, 7) is 5.77. The molecule has 0 unspecified atom stereocenters. The smallest absolute Gasteiger partial charge is 0.123 e. The lowest BCUT2D eigenvalue weighted by Crippen LogP contribution is -2.47. The Kier molecular flexibility index (Phi) is 5.13. The molecule has 1 aromatic rings. The molecule has 0 saturated carbocycles. The highest BCUT2D eigenvalue weighted by atomic mass is 19.1. The highest BCUT2D eigenvalue weighted by Gasteiger charge is 2.13. The van der Waals surface area contributed by atoms with Gasteiger partial charge in [0.1, 0.15) is 11.6 Å². The van der Waals surface area contributed by atoms with E-state index in [1.807, 2.05) is 7.05 Å². The number of methoxy groups -OCH3 is 1. The Morgan fingerprint density at radius 3 is 2.79 bits per heavy atom. The lowest BCUT2D eigenvalue weighted by Gasteiger charge is -2.31. The third-order valence-corrected chi connectivity index (χ3v) is 3.33. The monoisotopic (exact) mass is 267 g/mol. The molecule has 0 aromatic heterocycles. The molecule has 1 aromatic carbocycles. The predicted molar refractivity (Wildman–Crippen MR) is 73.7 cm³/mol. The van der Waals surface area contributed by atoms with E-state index in [0.29, 0.717) is 6.54 Å². The lowest BCUT2D eigenvalue weighted by atomic mass is 10.2. The summed E-state index contributed by atoms with van der Waals surface area (Å²) in [7, 11) is 3.67. The van der Waals surface area contributed by atoms with E-state index in [2.05, 4.69) is 15.1 Å². The van der Waals surface area contributed by atoms with Crippen molar-refractivity contribution in [2.45, 2.75) is 6.54 Å². The highest BCUT2D eigenvalue weighted by Crippen LogP contribution is 2.20. The van der Waals surface area contributed by atoms with Crippen molar-refractivity contribution in [3.63, 3.8) is 0 Å². The number of hydrogen-bond donors (Lipinski definition) is 1. The fourth-order valence-electron chi connectivity index (χ4n) is 2.41. The molecule has 106 valence electrons. The Labute approximate surface area is 114 Å². The Morgan fingerprint density at radius 2 is 2.11 bits per heavy atom. The SMILES string of the molecule is COc1ccc(F)cc1CN(C)CN1CCNCC1. The number of hydrogen-bond acceptors (Lipinski definition) is 4. The zero-order valence-corrected chi connectivity index (χ0v) is 11.7. The van der Waals surface area contributed by atoms with Gasteiger partial charge in [-0.15, -0.1) is 0 Å². The molecular formula is C14H22FN3O. The molecule has 1 aliphatic rings. The second-order valence-corrected chi connectivity index (χ2v) is 4.98. The molecule has 1 saturated heterocycles. The summed E-state index contributed by atoms with van der Waals surface area (Å²) in [6, 6.07) is 4.66. The zero-order chi connectivity index (χ0) is 13.7. The van der Waals surface area contributed by atoms with Crippen LogP contribution >= 0.6 is 0 Å². The van der Waals surface area contributed by atoms with Crippen molar-refractivity contribution in [3.8, 4) is 5.75 Å². The Hall–Kier alpha value is -1.17. The molecule has 1 N–H and O–H groups in total. The van der Waals surface area contributed by atoms with E-state index >= 15 is 0 Å². The average molecular weight is 267 g/mol. The van der Waals surface area contributed by atoms with Crippen LogP contribution in [0.3, 0.4) is 0 Å². The number of rotatable bonds is 5. The third kappa shape index (κ3) is 4.16. The second kappa shape index (κ2) is 6.84. The Morgan fingerprint density at radius 1 is 1.37 bits per heavy atom. The minimum Gasteiger partial charge on any atom is -0.496 e. The largest absolute Gasteiger partial charge is 0.496 e. The molecule has 4 nitrogen and oxygen atoms in total. The van der Waals surface area contributed by atoms with E-state index in [-0.39, 0.29) is 5.82 Å². The van der Waals surface area contributed by atoms with Crippen molar-refractivity contribution in [1.29, 1.82) is 0 Å². The summed E-state index contributed by atoms with van der Waals surface area (Å²) in [5.74, 6) is 0.528. The van der Waals surface area contributed by atoms with Crippen LogP contribution in [-0.2, 0) is 6.54 Å². The van der Waals surface area contributed by atoms with Crippen LogP contribution in [-0.4, -0.2) is 56.8 Å². The van der Waals surface area contributed by atoms with E-state index in [1.165, 1.54) is 6.07 Å². The molecular weight excluding hydrogens is 245 g/mol. The number of nitrogens with zero attached hydrogens (tertiary/aromatic N) is 2. The van der Waals surface area contributed by atoms with Crippen LogP contribution in [0, 0.1) is 5.82 Å². The van der Waals surface area contributed by atoms with E-state index < -0.39 is 0 Å². The molecule has 1 aliphatic heterocycles. The van der Waals surface area contributed by atoms with Gasteiger partial charge in [-0.05, 0) is 25.2 Å². The summed E-state index contributed by atoms with van der Waals surface area (Å²) >= 11 is 0. The van der Waals surface area contributed by atoms with Gasteiger partial charge >= 0.3 is 0 Å². The molecule has 0 radical (unpaired) electrons. The van der Waals surface area contributed by atoms with Crippen LogP contribution in [0.5, 0.6) is 5.75 Å². The van der Waals surface area contributed by atoms with Crippen molar-refractivity contribution < 1.29 is 9.13 Å². The third-order valence-electron chi connectivity index (χ3n) is 3.33. The van der Waals surface area contributed by atoms with Gasteiger partial charge in [0.25, 0.3) is 0 Å². The molecule has 0 aliphatic carbocycles. The molecule has 0 amide bonds. The Balaban J connectivity index is 1.93. The minimum atomic E-state index is -0.216. The van der Waals surface area contributed by atoms with Gasteiger partial charge in [0, 0.05) is 38.3 Å². The van der Waals surface area contributed by atoms with Crippen molar-refractivity contribution in [1.82, 2.24) is 15.1 Å². The van der Waals surface area contributed by atoms with Crippen LogP contribution in [0.15, 0.2) is 18.2 Å². The van der Waals surface area contributed by atoms with Gasteiger partial charge in [0.2, 0.25) is 0 Å². The van der Waals surface area contributed by atoms with E-state index in [9.17, 15) is 4.39 Å². The first-order valence-electron chi connectivity index (χ1n) is 6.63. The summed E-state index contributed by atoms with van der Waals surface area (Å²) in [6.07, 6.45) is 0. The molecule has 19 heavy (non-hydrogen) atoms. The first-order valence-corrected chi connectivity index (χ1v) is 6.63. The van der Waals surface area contributed by atoms with Crippen molar-refractivity contribution in [2.75, 3.05) is 47.0 Å². The number of piperazine rings is 1. The van der Waals surface area contributed by atoms with Crippen LogP contribution in [0.2, 0.25) is 0 Å². The maximum atomic E-state index is 13.3. The normalized spacial score (nSPS) is 16.8. The molecule has 0 spiro atoms. The molecule has 2 rings (SSSR count). The summed E-state index contributed by atoms with van der Waals surface area (Å²) in [5, 5.41) is 3.33. The minimum absolute atomic E-state index is 0.216. The molecule has 1 fully saturated rings. The second-order valence-electron chi connectivity index (χ2n) is 4.98. The van der Waals surface area contributed by atoms with Gasteiger partial charge in [-0.2, -0.15) is 0 Å². The first-order chi connectivity index (χ1) is 9.19. The quantitative estimate of drug-likeness (QED) is 0.865. The fourth-order valence-corrected chi connectivity index (χ4v) is 2.41. The lowest BCUT2D eigenvalue weighted by molar-refractivity contribution is 0.134. The molecule has 0 bridgehead atoms. The van der Waals surface area contributed by atoms with Gasteiger partial charge in [-0.1, -0.05) is 0 Å². The number of ether oxygens (including phenoxy) is 1. The maximum Gasteiger partial charge on any atom is 0.123 e. The number of benzene rings is 1. The van der Waals surface area contributed by atoms with E-state index in [0.717, 1.165) is 44.2 Å². The fraction of sp³-hybridized carbons (Fsp3) is 0.571.